The minimum absolute atomic E-state index is 0.279. The molecular weight excluding hydrogens is 230 g/mol. The molecule has 0 aromatic rings. The van der Waals surface area contributed by atoms with Crippen molar-refractivity contribution in [1.82, 2.24) is 0 Å². The van der Waals surface area contributed by atoms with Crippen molar-refractivity contribution < 1.29 is 27.5 Å². The fourth-order valence-electron chi connectivity index (χ4n) is 1.19. The molecule has 2 aliphatic rings. The molecule has 0 aromatic heterocycles. The summed E-state index contributed by atoms with van der Waals surface area (Å²) in [5.74, 6) is 0. The van der Waals surface area contributed by atoms with E-state index in [-0.39, 0.29) is 5.41 Å². The number of hydrogen-bond donors (Lipinski definition) is 1. The second-order valence-electron chi connectivity index (χ2n) is 3.24. The largest absolute Gasteiger partial charge is 0.332 e. The zero-order valence-electron chi connectivity index (χ0n) is 7.71. The topological polar surface area (TPSA) is 66.4 Å². The lowest BCUT2D eigenvalue weighted by atomic mass is 9.93. The summed E-state index contributed by atoms with van der Waals surface area (Å²) in [5.41, 5.74) is -0.279. The van der Waals surface area contributed by atoms with Crippen molar-refractivity contribution in [3.63, 3.8) is 0 Å². The molecule has 0 bridgehead atoms. The van der Waals surface area contributed by atoms with Gasteiger partial charge in [0, 0.05) is 7.11 Å². The first-order valence-electron chi connectivity index (χ1n) is 4.09. The maximum Gasteiger partial charge on any atom is 0.332 e. The standard InChI is InChI=1S/C6H12O6P2/c1-8-14-11-4-6(5-12-14)2-9-13(7)10-3-6/h7H,2-5H2,1H3. The fraction of sp³-hybridized carbons (Fsp3) is 1.00. The van der Waals surface area contributed by atoms with Gasteiger partial charge in [-0.1, -0.05) is 0 Å². The highest BCUT2D eigenvalue weighted by Crippen LogP contribution is 2.50. The first kappa shape index (κ1) is 11.1. The molecule has 2 aliphatic heterocycles. The average Bonchev–Trinajstić information content (AvgIpc) is 2.24. The van der Waals surface area contributed by atoms with Gasteiger partial charge in [-0.25, -0.2) is 0 Å². The monoisotopic (exact) mass is 242 g/mol. The molecule has 8 heteroatoms. The third kappa shape index (κ3) is 2.40. The lowest BCUT2D eigenvalue weighted by Gasteiger charge is -2.40. The summed E-state index contributed by atoms with van der Waals surface area (Å²) in [6.45, 7) is 1.77. The van der Waals surface area contributed by atoms with E-state index in [9.17, 15) is 0 Å². The lowest BCUT2D eigenvalue weighted by molar-refractivity contribution is -0.0711. The summed E-state index contributed by atoms with van der Waals surface area (Å²) in [6.07, 6.45) is 0. The molecule has 0 aromatic carbocycles. The van der Waals surface area contributed by atoms with Crippen LogP contribution < -0.4 is 0 Å². The van der Waals surface area contributed by atoms with Crippen LogP contribution in [0.1, 0.15) is 0 Å². The van der Waals surface area contributed by atoms with Crippen molar-refractivity contribution in [1.29, 1.82) is 0 Å². The molecular formula is C6H12O6P2. The van der Waals surface area contributed by atoms with E-state index in [0.717, 1.165) is 0 Å². The molecule has 82 valence electrons. The van der Waals surface area contributed by atoms with Crippen molar-refractivity contribution in [2.24, 2.45) is 5.41 Å². The summed E-state index contributed by atoms with van der Waals surface area (Å²) in [7, 11) is -1.35. The third-order valence-corrected chi connectivity index (χ3v) is 3.74. The van der Waals surface area contributed by atoms with Gasteiger partial charge in [0.1, 0.15) is 0 Å². The molecule has 0 unspecified atom stereocenters. The molecule has 0 saturated carbocycles. The van der Waals surface area contributed by atoms with Crippen molar-refractivity contribution in [3.05, 3.63) is 0 Å². The fourth-order valence-corrected chi connectivity index (χ4v) is 3.08. The number of rotatable bonds is 1. The highest BCUT2D eigenvalue weighted by atomic mass is 31.2. The highest BCUT2D eigenvalue weighted by molar-refractivity contribution is 7.41. The molecule has 0 amide bonds. The summed E-state index contributed by atoms with van der Waals surface area (Å²) >= 11 is 0. The first-order valence-corrected chi connectivity index (χ1v) is 6.32. The quantitative estimate of drug-likeness (QED) is 0.696. The normalized spacial score (nSPS) is 44.1. The van der Waals surface area contributed by atoms with Crippen molar-refractivity contribution in [2.75, 3.05) is 33.5 Å². The van der Waals surface area contributed by atoms with Crippen LogP contribution in [0.25, 0.3) is 0 Å². The Labute approximate surface area is 84.4 Å². The Morgan fingerprint density at radius 3 is 2.07 bits per heavy atom. The van der Waals surface area contributed by atoms with E-state index >= 15 is 0 Å². The maximum atomic E-state index is 9.04. The molecule has 2 rings (SSSR count). The van der Waals surface area contributed by atoms with E-state index in [1.165, 1.54) is 0 Å². The van der Waals surface area contributed by atoms with Gasteiger partial charge in [-0.05, 0) is 0 Å². The van der Waals surface area contributed by atoms with Crippen LogP contribution in [0.2, 0.25) is 0 Å². The van der Waals surface area contributed by atoms with Crippen LogP contribution in [0.4, 0.5) is 0 Å². The van der Waals surface area contributed by atoms with Crippen LogP contribution in [0, 0.1) is 5.41 Å². The highest BCUT2D eigenvalue weighted by Gasteiger charge is 2.43. The predicted octanol–water partition coefficient (Wildman–Crippen LogP) is 1.16. The van der Waals surface area contributed by atoms with Crippen LogP contribution in [0.3, 0.4) is 0 Å². The average molecular weight is 242 g/mol. The Bertz CT molecular complexity index is 185. The van der Waals surface area contributed by atoms with Crippen LogP contribution in [0.5, 0.6) is 0 Å². The molecule has 0 atom stereocenters. The van der Waals surface area contributed by atoms with Gasteiger partial charge >= 0.3 is 17.2 Å². The van der Waals surface area contributed by atoms with Crippen molar-refractivity contribution in [2.45, 2.75) is 0 Å². The second kappa shape index (κ2) is 4.64. The summed E-state index contributed by atoms with van der Waals surface area (Å²) in [6, 6.07) is 0. The molecule has 2 saturated heterocycles. The molecule has 14 heavy (non-hydrogen) atoms. The van der Waals surface area contributed by atoms with Gasteiger partial charge < -0.3 is 27.5 Å². The molecule has 1 spiro atoms. The van der Waals surface area contributed by atoms with Gasteiger partial charge in [-0.2, -0.15) is 0 Å². The smallest absolute Gasteiger partial charge is 0.328 e. The van der Waals surface area contributed by atoms with Gasteiger partial charge in [0.25, 0.3) is 0 Å². The Kier molecular flexibility index (Phi) is 3.68. The summed E-state index contributed by atoms with van der Waals surface area (Å²) in [4.78, 5) is 9.04. The molecule has 0 aliphatic carbocycles. The van der Waals surface area contributed by atoms with Gasteiger partial charge in [0.05, 0.1) is 31.8 Å². The van der Waals surface area contributed by atoms with E-state index in [0.29, 0.717) is 26.4 Å². The molecule has 2 fully saturated rings. The first-order chi connectivity index (χ1) is 6.74. The van der Waals surface area contributed by atoms with E-state index < -0.39 is 17.2 Å². The van der Waals surface area contributed by atoms with Crippen LogP contribution in [-0.2, 0) is 22.6 Å². The minimum atomic E-state index is -1.69. The Hall–Kier alpha value is 0.620. The maximum absolute atomic E-state index is 9.04. The molecule has 0 radical (unpaired) electrons. The van der Waals surface area contributed by atoms with Crippen molar-refractivity contribution in [3.8, 4) is 0 Å². The Morgan fingerprint density at radius 1 is 1.07 bits per heavy atom. The molecule has 2 heterocycles. The minimum Gasteiger partial charge on any atom is -0.328 e. The predicted molar refractivity (Wildman–Crippen MR) is 49.3 cm³/mol. The summed E-state index contributed by atoms with van der Waals surface area (Å²) < 4.78 is 25.7. The van der Waals surface area contributed by atoms with Gasteiger partial charge in [-0.15, -0.1) is 0 Å². The summed E-state index contributed by atoms with van der Waals surface area (Å²) in [5, 5.41) is 0. The Balaban J connectivity index is 1.86. The van der Waals surface area contributed by atoms with E-state index in [1.54, 1.807) is 7.11 Å². The van der Waals surface area contributed by atoms with E-state index in [4.69, 9.17) is 27.5 Å². The van der Waals surface area contributed by atoms with Gasteiger partial charge in [0.2, 0.25) is 0 Å². The van der Waals surface area contributed by atoms with Gasteiger partial charge in [-0.3, -0.25) is 0 Å². The van der Waals surface area contributed by atoms with E-state index in [1.807, 2.05) is 0 Å². The van der Waals surface area contributed by atoms with Crippen LogP contribution in [-0.4, -0.2) is 38.4 Å². The van der Waals surface area contributed by atoms with Crippen LogP contribution >= 0.6 is 17.2 Å². The van der Waals surface area contributed by atoms with Gasteiger partial charge in [0.15, 0.2) is 0 Å². The number of hydrogen-bond acceptors (Lipinski definition) is 6. The Morgan fingerprint density at radius 2 is 1.57 bits per heavy atom. The van der Waals surface area contributed by atoms with Crippen molar-refractivity contribution >= 4 is 17.2 Å². The molecule has 1 N–H and O–H groups in total. The zero-order chi connectivity index (χ0) is 10.0. The second-order valence-corrected chi connectivity index (χ2v) is 5.56. The van der Waals surface area contributed by atoms with Crippen LogP contribution in [0.15, 0.2) is 0 Å². The zero-order valence-corrected chi connectivity index (χ0v) is 9.50. The third-order valence-electron chi connectivity index (χ3n) is 2.06. The SMILES string of the molecule is COP1OCC2(COP(O)OC2)CO1. The van der Waals surface area contributed by atoms with E-state index in [2.05, 4.69) is 0 Å². The lowest BCUT2D eigenvalue weighted by Crippen LogP contribution is -2.44. The molecule has 6 nitrogen and oxygen atoms in total.